The second-order valence-corrected chi connectivity index (χ2v) is 28.0. The molecule has 0 aliphatic rings. The first-order valence-corrected chi connectivity index (χ1v) is 29.3. The van der Waals surface area contributed by atoms with Gasteiger partial charge in [0.2, 0.25) is 0 Å². The minimum atomic E-state index is -1.21. The van der Waals surface area contributed by atoms with E-state index in [0.717, 1.165) is 24.2 Å². The molecule has 0 aliphatic carbocycles. The Kier molecular flexibility index (Phi) is 29.8. The molecule has 5 heteroatoms. The summed E-state index contributed by atoms with van der Waals surface area (Å²) in [5.74, 6) is 0. The fourth-order valence-corrected chi connectivity index (χ4v) is 15.2. The van der Waals surface area contributed by atoms with E-state index >= 15 is 0 Å². The Bertz CT molecular complexity index is 1250. The van der Waals surface area contributed by atoms with Crippen molar-refractivity contribution < 1.29 is 16.5 Å². The Balaban J connectivity index is 0.0000151. The zero-order valence-electron chi connectivity index (χ0n) is 37.6. The number of aliphatic imine (C=N–C) groups is 2. The molecule has 0 aromatic heterocycles. The van der Waals surface area contributed by atoms with E-state index < -0.39 is 16.1 Å². The number of hydrogen-bond acceptors (Lipinski definition) is 2. The van der Waals surface area contributed by atoms with Gasteiger partial charge in [-0.2, -0.15) is 0 Å². The van der Waals surface area contributed by atoms with E-state index in [2.05, 4.69) is 104 Å². The third kappa shape index (κ3) is 20.8. The molecule has 0 atom stereocenters. The molecule has 0 spiro atoms. The number of unbranched alkanes of at least 4 members (excludes halogenated alkanes) is 16. The van der Waals surface area contributed by atoms with Crippen molar-refractivity contribution in [2.75, 3.05) is 0 Å². The normalized spacial score (nSPS) is 12.7. The van der Waals surface area contributed by atoms with E-state index in [1.807, 2.05) is 0 Å². The summed E-state index contributed by atoms with van der Waals surface area (Å²) in [4.78, 5) is 10.9. The summed E-state index contributed by atoms with van der Waals surface area (Å²) >= 11 is 0. The van der Waals surface area contributed by atoms with Gasteiger partial charge in [-0.1, -0.05) is 230 Å². The van der Waals surface area contributed by atoms with E-state index in [0.29, 0.717) is 0 Å². The number of benzene rings is 2. The third-order valence-electron chi connectivity index (χ3n) is 13.4. The summed E-state index contributed by atoms with van der Waals surface area (Å²) in [7, 11) is -2.42. The molecule has 0 saturated carbocycles. The van der Waals surface area contributed by atoms with Crippen LogP contribution >= 0.6 is 0 Å². The topological polar surface area (TPSA) is 24.7 Å². The molecule has 2 rings (SSSR count). The van der Waals surface area contributed by atoms with E-state index in [1.165, 1.54) is 186 Å². The van der Waals surface area contributed by atoms with Crippen LogP contribution in [0.5, 0.6) is 0 Å². The Morgan fingerprint density at radius 1 is 0.364 bits per heavy atom. The number of nitrogens with zero attached hydrogens (tertiary/aromatic N) is 2. The molecule has 2 aromatic carbocycles. The van der Waals surface area contributed by atoms with Gasteiger partial charge in [0, 0.05) is 16.5 Å². The fourth-order valence-electron chi connectivity index (χ4n) is 8.54. The largest absolute Gasteiger partial charge is 0.252 e. The van der Waals surface area contributed by atoms with Gasteiger partial charge in [0.25, 0.3) is 0 Å². The van der Waals surface area contributed by atoms with Gasteiger partial charge in [-0.25, -0.2) is 0 Å². The van der Waals surface area contributed by atoms with E-state index in [-0.39, 0.29) is 16.5 Å². The predicted octanol–water partition coefficient (Wildman–Crippen LogP) is 17.6. The molecule has 2 aromatic rings. The molecule has 2 nitrogen and oxygen atoms in total. The van der Waals surface area contributed by atoms with Crippen LogP contribution in [0.25, 0.3) is 0 Å². The van der Waals surface area contributed by atoms with Gasteiger partial charge in [0.1, 0.15) is 0 Å². The zero-order valence-corrected chi connectivity index (χ0v) is 40.6. The standard InChI is InChI=1S/C50H88N2Si2.Ni/c1-9-17-19-20-21-22-23-24-25-26-27-28-29-30-32-34-50(52-48-41-37-46(38-42-48)44-54(14-6,15-7)16-8)49(33-31-18-10-2)51-47-39-35-45(36-40-47)43-53(11-3,12-4)13-5;/h35-42H,9-34,43-44H2,1-8H3;/b51-49+,52-50+;. The molecule has 0 radical (unpaired) electrons. The Morgan fingerprint density at radius 2 is 0.618 bits per heavy atom. The van der Waals surface area contributed by atoms with Crippen LogP contribution in [-0.2, 0) is 28.6 Å². The molecule has 0 saturated heterocycles. The second kappa shape index (κ2) is 31.7. The van der Waals surface area contributed by atoms with Crippen molar-refractivity contribution in [3.05, 3.63) is 59.7 Å². The van der Waals surface area contributed by atoms with Crippen LogP contribution in [0.3, 0.4) is 0 Å². The van der Waals surface area contributed by atoms with Gasteiger partial charge in [-0.05, 0) is 62.0 Å². The van der Waals surface area contributed by atoms with E-state index in [1.54, 1.807) is 0 Å². The molecule has 0 fully saturated rings. The predicted molar refractivity (Wildman–Crippen MR) is 253 cm³/mol. The van der Waals surface area contributed by atoms with Crippen LogP contribution in [0.4, 0.5) is 11.4 Å². The van der Waals surface area contributed by atoms with Crippen LogP contribution in [0.2, 0.25) is 36.3 Å². The van der Waals surface area contributed by atoms with Crippen molar-refractivity contribution in [2.45, 2.75) is 232 Å². The quantitative estimate of drug-likeness (QED) is 0.0389. The van der Waals surface area contributed by atoms with Crippen molar-refractivity contribution in [3.63, 3.8) is 0 Å². The summed E-state index contributed by atoms with van der Waals surface area (Å²) in [6.07, 6.45) is 26.6. The molecule has 316 valence electrons. The minimum absolute atomic E-state index is 0. The van der Waals surface area contributed by atoms with E-state index in [4.69, 9.17) is 9.98 Å². The van der Waals surface area contributed by atoms with Gasteiger partial charge >= 0.3 is 0 Å². The van der Waals surface area contributed by atoms with Gasteiger partial charge in [0.05, 0.1) is 38.9 Å². The summed E-state index contributed by atoms with van der Waals surface area (Å²) in [6, 6.07) is 29.5. The van der Waals surface area contributed by atoms with E-state index in [9.17, 15) is 0 Å². The maximum Gasteiger partial charge on any atom is 0.0633 e. The molecule has 0 amide bonds. The van der Waals surface area contributed by atoms with Gasteiger partial charge < -0.3 is 0 Å². The summed E-state index contributed by atoms with van der Waals surface area (Å²) in [6.45, 7) is 19.1. The molecular weight excluding hydrogens is 743 g/mol. The van der Waals surface area contributed by atoms with Crippen molar-refractivity contribution in [3.8, 4) is 0 Å². The van der Waals surface area contributed by atoms with Crippen LogP contribution in [0, 0.1) is 0 Å². The van der Waals surface area contributed by atoms with Crippen molar-refractivity contribution in [1.29, 1.82) is 0 Å². The van der Waals surface area contributed by atoms with Crippen molar-refractivity contribution >= 4 is 38.9 Å². The minimum Gasteiger partial charge on any atom is -0.252 e. The first-order valence-electron chi connectivity index (χ1n) is 23.7. The fraction of sp³-hybridized carbons (Fsp3) is 0.720. The first-order chi connectivity index (χ1) is 26.4. The third-order valence-corrected chi connectivity index (χ3v) is 24.7. The van der Waals surface area contributed by atoms with Crippen LogP contribution in [-0.4, -0.2) is 27.6 Å². The molecule has 0 aliphatic heterocycles. The van der Waals surface area contributed by atoms with Gasteiger partial charge in [-0.15, -0.1) is 0 Å². The first kappa shape index (κ1) is 51.7. The van der Waals surface area contributed by atoms with Crippen LogP contribution < -0.4 is 0 Å². The second-order valence-electron chi connectivity index (χ2n) is 17.1. The SMILES string of the molecule is CCCCCCCCCCCCCCCCCC(=N\c1ccc(C[Si](CC)(CC)CC)cc1)/C(CCCCC)=N/c1ccc(C[Si](CC)(CC)CC)cc1.[Ni]. The van der Waals surface area contributed by atoms with Gasteiger partial charge in [-0.3, -0.25) is 9.98 Å². The average molecular weight is 832 g/mol. The smallest absolute Gasteiger partial charge is 0.0633 e. The number of hydrogen-bond donors (Lipinski definition) is 0. The van der Waals surface area contributed by atoms with Crippen molar-refractivity contribution in [1.82, 2.24) is 0 Å². The summed E-state index contributed by atoms with van der Waals surface area (Å²) in [5, 5.41) is 0. The van der Waals surface area contributed by atoms with Crippen molar-refractivity contribution in [2.24, 2.45) is 9.98 Å². The van der Waals surface area contributed by atoms with Gasteiger partial charge in [0.15, 0.2) is 0 Å². The maximum atomic E-state index is 5.44. The monoisotopic (exact) mass is 831 g/mol. The summed E-state index contributed by atoms with van der Waals surface area (Å²) in [5.41, 5.74) is 7.66. The van der Waals surface area contributed by atoms with Crippen LogP contribution in [0.1, 0.15) is 195 Å². The maximum absolute atomic E-state index is 5.44. The molecule has 0 unspecified atom stereocenters. The number of rotatable bonds is 33. The average Bonchev–Trinajstić information content (AvgIpc) is 3.21. The molecule has 0 N–H and O–H groups in total. The molecule has 0 bridgehead atoms. The Labute approximate surface area is 355 Å². The Hall–Kier alpha value is -1.29. The zero-order chi connectivity index (χ0) is 39.3. The molecule has 55 heavy (non-hydrogen) atoms. The molecule has 0 heterocycles. The molecular formula is C50H88N2NiSi2. The summed E-state index contributed by atoms with van der Waals surface area (Å²) < 4.78 is 0. The Morgan fingerprint density at radius 3 is 0.909 bits per heavy atom. The van der Waals surface area contributed by atoms with Crippen LogP contribution in [0.15, 0.2) is 58.5 Å².